The first-order chi connectivity index (χ1) is 17.8. The number of nitrogens with two attached hydrogens (primary N) is 1. The fourth-order valence-corrected chi connectivity index (χ4v) is 7.94. The van der Waals surface area contributed by atoms with Crippen molar-refractivity contribution in [1.82, 2.24) is 25.6 Å². The number of halogens is 3. The lowest BCUT2D eigenvalue weighted by Crippen LogP contribution is -2.64. The molecule has 3 heterocycles. The van der Waals surface area contributed by atoms with Crippen molar-refractivity contribution < 1.29 is 22.7 Å². The fourth-order valence-electron chi connectivity index (χ4n) is 7.94. The zero-order valence-corrected chi connectivity index (χ0v) is 21.9. The summed E-state index contributed by atoms with van der Waals surface area (Å²) >= 11 is 0. The van der Waals surface area contributed by atoms with E-state index in [1.165, 1.54) is 32.1 Å². The Labute approximate surface area is 218 Å². The molecule has 2 aliphatic carbocycles. The van der Waals surface area contributed by atoms with Gasteiger partial charge < -0.3 is 11.1 Å². The van der Waals surface area contributed by atoms with Gasteiger partial charge in [-0.05, 0) is 70.4 Å². The lowest BCUT2D eigenvalue weighted by Gasteiger charge is -2.50. The van der Waals surface area contributed by atoms with Gasteiger partial charge in [-0.3, -0.25) is 19.3 Å². The second kappa shape index (κ2) is 12.0. The van der Waals surface area contributed by atoms with Crippen LogP contribution in [0.3, 0.4) is 0 Å². The smallest absolute Gasteiger partial charge is 0.368 e. The number of alkyl halides is 3. The molecule has 6 unspecified atom stereocenters. The molecule has 5 fully saturated rings. The molecule has 0 aromatic rings. The van der Waals surface area contributed by atoms with Gasteiger partial charge in [0.15, 0.2) is 0 Å². The van der Waals surface area contributed by atoms with Crippen molar-refractivity contribution in [1.29, 1.82) is 0 Å². The van der Waals surface area contributed by atoms with Gasteiger partial charge in [0, 0.05) is 44.3 Å². The number of nitrogens with zero attached hydrogens (tertiary/aromatic N) is 3. The molecule has 0 spiro atoms. The van der Waals surface area contributed by atoms with E-state index in [1.54, 1.807) is 0 Å². The van der Waals surface area contributed by atoms with Crippen molar-refractivity contribution in [2.24, 2.45) is 11.7 Å². The number of amides is 1. The SMILES string of the molecule is NC(=O)C(C1CCN(C2CCCCC2)N1)N1CCCN(C2C(OC(F)(F)F)CCC3CCCNC32)CC1. The molecule has 0 radical (unpaired) electrons. The number of hydrogen-bond donors (Lipinski definition) is 3. The van der Waals surface area contributed by atoms with Gasteiger partial charge in [-0.2, -0.15) is 0 Å². The highest BCUT2D eigenvalue weighted by atomic mass is 19.4. The molecule has 5 rings (SSSR count). The van der Waals surface area contributed by atoms with Crippen LogP contribution < -0.4 is 16.5 Å². The number of ether oxygens (including phenoxy) is 1. The van der Waals surface area contributed by atoms with Crippen molar-refractivity contribution in [2.75, 3.05) is 39.3 Å². The first-order valence-electron chi connectivity index (χ1n) is 14.6. The fraction of sp³-hybridized carbons (Fsp3) is 0.962. The lowest BCUT2D eigenvalue weighted by atomic mass is 9.74. The van der Waals surface area contributed by atoms with Crippen molar-refractivity contribution in [3.05, 3.63) is 0 Å². The Morgan fingerprint density at radius 1 is 0.892 bits per heavy atom. The van der Waals surface area contributed by atoms with Crippen molar-refractivity contribution in [3.63, 3.8) is 0 Å². The Balaban J connectivity index is 1.25. The molecule has 3 saturated heterocycles. The van der Waals surface area contributed by atoms with Gasteiger partial charge in [-0.15, -0.1) is 13.2 Å². The van der Waals surface area contributed by atoms with Gasteiger partial charge in [0.05, 0.1) is 12.1 Å². The molecule has 0 aromatic carbocycles. The molecule has 0 aromatic heterocycles. The lowest BCUT2D eigenvalue weighted by molar-refractivity contribution is -0.352. The largest absolute Gasteiger partial charge is 0.522 e. The van der Waals surface area contributed by atoms with E-state index in [0.717, 1.165) is 45.2 Å². The van der Waals surface area contributed by atoms with Gasteiger partial charge in [-0.25, -0.2) is 10.4 Å². The molecule has 5 aliphatic rings. The van der Waals surface area contributed by atoms with E-state index in [0.29, 0.717) is 44.6 Å². The van der Waals surface area contributed by atoms with Gasteiger partial charge in [-0.1, -0.05) is 19.3 Å². The summed E-state index contributed by atoms with van der Waals surface area (Å²) in [5, 5.41) is 5.88. The molecule has 0 bridgehead atoms. The molecule has 37 heavy (non-hydrogen) atoms. The molecular weight excluding hydrogens is 485 g/mol. The van der Waals surface area contributed by atoms with Crippen LogP contribution >= 0.6 is 0 Å². The van der Waals surface area contributed by atoms with E-state index in [9.17, 15) is 18.0 Å². The first kappa shape index (κ1) is 27.6. The highest BCUT2D eigenvalue weighted by Gasteiger charge is 2.48. The van der Waals surface area contributed by atoms with Gasteiger partial charge in [0.25, 0.3) is 0 Å². The molecular formula is C26H45F3N6O2. The summed E-state index contributed by atoms with van der Waals surface area (Å²) in [7, 11) is 0. The number of carbonyl (C=O) groups excluding carboxylic acids is 1. The molecule has 6 atom stereocenters. The summed E-state index contributed by atoms with van der Waals surface area (Å²) in [4.78, 5) is 17.1. The average molecular weight is 531 g/mol. The normalized spacial score (nSPS) is 36.7. The predicted molar refractivity (Wildman–Crippen MR) is 134 cm³/mol. The van der Waals surface area contributed by atoms with E-state index in [1.807, 2.05) is 0 Å². The Kier molecular flexibility index (Phi) is 8.98. The number of rotatable bonds is 6. The Morgan fingerprint density at radius 2 is 1.70 bits per heavy atom. The van der Waals surface area contributed by atoms with Crippen LogP contribution in [0.25, 0.3) is 0 Å². The average Bonchev–Trinajstić information content (AvgIpc) is 3.23. The summed E-state index contributed by atoms with van der Waals surface area (Å²) in [6, 6.07) is -0.221. The van der Waals surface area contributed by atoms with E-state index in [4.69, 9.17) is 10.5 Å². The molecule has 8 nitrogen and oxygen atoms in total. The Morgan fingerprint density at radius 3 is 2.46 bits per heavy atom. The number of carbonyl (C=O) groups is 1. The van der Waals surface area contributed by atoms with E-state index in [2.05, 4.69) is 25.6 Å². The van der Waals surface area contributed by atoms with Crippen molar-refractivity contribution >= 4 is 5.91 Å². The Hall–Kier alpha value is -0.980. The van der Waals surface area contributed by atoms with Crippen LogP contribution in [-0.2, 0) is 9.53 Å². The molecule has 11 heteroatoms. The number of primary amides is 1. The monoisotopic (exact) mass is 530 g/mol. The van der Waals surface area contributed by atoms with Crippen LogP contribution in [0.1, 0.15) is 70.6 Å². The van der Waals surface area contributed by atoms with Gasteiger partial charge >= 0.3 is 6.36 Å². The van der Waals surface area contributed by atoms with Crippen LogP contribution in [0.15, 0.2) is 0 Å². The summed E-state index contributed by atoms with van der Waals surface area (Å²) in [6.45, 7) is 4.39. The summed E-state index contributed by atoms with van der Waals surface area (Å²) in [6.07, 6.45) is 5.67. The third-order valence-corrected chi connectivity index (χ3v) is 9.58. The van der Waals surface area contributed by atoms with Crippen LogP contribution in [-0.4, -0.2) is 103 Å². The molecule has 3 aliphatic heterocycles. The third kappa shape index (κ3) is 6.61. The van der Waals surface area contributed by atoms with E-state index >= 15 is 0 Å². The highest BCUT2D eigenvalue weighted by Crippen LogP contribution is 2.38. The zero-order chi connectivity index (χ0) is 26.0. The molecule has 4 N–H and O–H groups in total. The maximum Gasteiger partial charge on any atom is 0.522 e. The van der Waals surface area contributed by atoms with Crippen LogP contribution in [0.2, 0.25) is 0 Å². The summed E-state index contributed by atoms with van der Waals surface area (Å²) in [5.41, 5.74) is 9.60. The maximum atomic E-state index is 13.3. The van der Waals surface area contributed by atoms with Gasteiger partial charge in [0.2, 0.25) is 5.91 Å². The first-order valence-corrected chi connectivity index (χ1v) is 14.6. The topological polar surface area (TPSA) is 86.1 Å². The number of nitrogens with one attached hydrogen (secondary N) is 2. The second-order valence-electron chi connectivity index (χ2n) is 11.8. The Bertz CT molecular complexity index is 767. The number of fused-ring (bicyclic) bond motifs is 1. The number of hydrazine groups is 1. The van der Waals surface area contributed by atoms with Crippen LogP contribution in [0, 0.1) is 5.92 Å². The van der Waals surface area contributed by atoms with E-state index in [-0.39, 0.29) is 24.0 Å². The van der Waals surface area contributed by atoms with Crippen LogP contribution in [0.4, 0.5) is 13.2 Å². The van der Waals surface area contributed by atoms with Gasteiger partial charge in [0.1, 0.15) is 6.04 Å². The summed E-state index contributed by atoms with van der Waals surface area (Å²) < 4.78 is 44.8. The zero-order valence-electron chi connectivity index (χ0n) is 21.9. The minimum absolute atomic E-state index is 0.00823. The third-order valence-electron chi connectivity index (χ3n) is 9.58. The minimum Gasteiger partial charge on any atom is -0.368 e. The number of hydrogen-bond acceptors (Lipinski definition) is 7. The minimum atomic E-state index is -4.64. The van der Waals surface area contributed by atoms with Crippen LogP contribution in [0.5, 0.6) is 0 Å². The number of piperidine rings is 1. The standard InChI is InChI=1S/C26H45F3N6O2/c27-26(28,29)37-21-10-9-18-6-4-12-31-22(18)24(21)34-14-5-13-33(16-17-34)23(25(30)36)20-11-15-35(32-20)19-7-2-1-3-8-19/h18-24,31-32H,1-17H2,(H2,30,36). The van der Waals surface area contributed by atoms with Crippen molar-refractivity contribution in [2.45, 2.75) is 113 Å². The molecule has 2 saturated carbocycles. The molecule has 212 valence electrons. The maximum absolute atomic E-state index is 13.3. The summed E-state index contributed by atoms with van der Waals surface area (Å²) in [5.74, 6) is 0.0689. The highest BCUT2D eigenvalue weighted by molar-refractivity contribution is 5.80. The van der Waals surface area contributed by atoms with E-state index < -0.39 is 18.5 Å². The predicted octanol–water partition coefficient (Wildman–Crippen LogP) is 2.20. The molecule has 1 amide bonds. The second-order valence-corrected chi connectivity index (χ2v) is 11.8. The van der Waals surface area contributed by atoms with Crippen molar-refractivity contribution in [3.8, 4) is 0 Å². The quantitative estimate of drug-likeness (QED) is 0.486.